The molecule has 0 heterocycles. The van der Waals surface area contributed by atoms with Gasteiger partial charge >= 0.3 is 8.11 Å². The standard InChI is InChI=1S/C5H13ClO3Si/c1-4-8-10(6,7-3)9-5-2/h4-5H2,1-3H3. The minimum atomic E-state index is -2.75. The first-order valence-electron chi connectivity index (χ1n) is 3.20. The summed E-state index contributed by atoms with van der Waals surface area (Å²) in [5, 5.41) is 0. The Balaban J connectivity index is 3.69. The number of hydrogen-bond acceptors (Lipinski definition) is 3. The third-order valence-electron chi connectivity index (χ3n) is 0.877. The fourth-order valence-corrected chi connectivity index (χ4v) is 2.17. The maximum Gasteiger partial charge on any atom is 0.612 e. The van der Waals surface area contributed by atoms with Crippen molar-refractivity contribution >= 4 is 19.2 Å². The number of halogens is 1. The smallest absolute Gasteiger partial charge is 0.365 e. The first-order chi connectivity index (χ1) is 4.68. The van der Waals surface area contributed by atoms with Gasteiger partial charge in [0.2, 0.25) is 0 Å². The van der Waals surface area contributed by atoms with Crippen molar-refractivity contribution in [2.45, 2.75) is 13.8 Å². The van der Waals surface area contributed by atoms with Crippen LogP contribution in [-0.2, 0) is 13.3 Å². The summed E-state index contributed by atoms with van der Waals surface area (Å²) < 4.78 is 15.0. The normalized spacial score (nSPS) is 12.0. The summed E-state index contributed by atoms with van der Waals surface area (Å²) in [5.41, 5.74) is 0. The molecule has 0 aromatic rings. The van der Waals surface area contributed by atoms with E-state index < -0.39 is 8.11 Å². The lowest BCUT2D eigenvalue weighted by molar-refractivity contribution is 0.110. The fraction of sp³-hybridized carbons (Fsp3) is 1.00. The lowest BCUT2D eigenvalue weighted by atomic mass is 10.9. The van der Waals surface area contributed by atoms with Crippen LogP contribution in [0.15, 0.2) is 0 Å². The molecule has 62 valence electrons. The first-order valence-corrected chi connectivity index (χ1v) is 5.94. The van der Waals surface area contributed by atoms with Gasteiger partial charge in [0.15, 0.2) is 0 Å². The third-order valence-corrected chi connectivity index (χ3v) is 3.75. The van der Waals surface area contributed by atoms with Crippen LogP contribution in [0.3, 0.4) is 0 Å². The van der Waals surface area contributed by atoms with Gasteiger partial charge in [-0.3, -0.25) is 0 Å². The molecule has 0 aliphatic heterocycles. The highest BCUT2D eigenvalue weighted by molar-refractivity contribution is 7.09. The molecule has 0 rings (SSSR count). The average molecular weight is 185 g/mol. The van der Waals surface area contributed by atoms with Crippen molar-refractivity contribution in [3.8, 4) is 0 Å². The predicted molar refractivity (Wildman–Crippen MR) is 41.9 cm³/mol. The van der Waals surface area contributed by atoms with Gasteiger partial charge in [0.1, 0.15) is 0 Å². The lowest BCUT2D eigenvalue weighted by Crippen LogP contribution is -2.38. The van der Waals surface area contributed by atoms with Crippen molar-refractivity contribution in [3.05, 3.63) is 0 Å². The van der Waals surface area contributed by atoms with Crippen molar-refractivity contribution < 1.29 is 13.3 Å². The topological polar surface area (TPSA) is 27.7 Å². The van der Waals surface area contributed by atoms with E-state index in [1.54, 1.807) is 0 Å². The van der Waals surface area contributed by atoms with E-state index in [2.05, 4.69) is 0 Å². The zero-order chi connectivity index (χ0) is 8.04. The average Bonchev–Trinajstić information content (AvgIpc) is 1.89. The zero-order valence-electron chi connectivity index (χ0n) is 6.52. The molecule has 3 nitrogen and oxygen atoms in total. The molecule has 0 aromatic heterocycles. The van der Waals surface area contributed by atoms with E-state index in [0.29, 0.717) is 13.2 Å². The Kier molecular flexibility index (Phi) is 5.29. The molecule has 0 aromatic carbocycles. The Morgan fingerprint density at radius 1 is 1.20 bits per heavy atom. The highest BCUT2D eigenvalue weighted by atomic mass is 35.6. The second-order valence-corrected chi connectivity index (χ2v) is 4.89. The van der Waals surface area contributed by atoms with Crippen molar-refractivity contribution in [1.29, 1.82) is 0 Å². The first kappa shape index (κ1) is 10.4. The van der Waals surface area contributed by atoms with Crippen molar-refractivity contribution in [3.63, 3.8) is 0 Å². The van der Waals surface area contributed by atoms with Gasteiger partial charge in [-0.05, 0) is 13.8 Å². The fourth-order valence-electron chi connectivity index (χ4n) is 0.504. The van der Waals surface area contributed by atoms with Crippen LogP contribution in [-0.4, -0.2) is 28.4 Å². The van der Waals surface area contributed by atoms with Crippen LogP contribution in [0.4, 0.5) is 0 Å². The Morgan fingerprint density at radius 3 is 1.80 bits per heavy atom. The minimum absolute atomic E-state index is 0.517. The van der Waals surface area contributed by atoms with Gasteiger partial charge in [-0.1, -0.05) is 11.1 Å². The summed E-state index contributed by atoms with van der Waals surface area (Å²) in [6.07, 6.45) is 0. The third kappa shape index (κ3) is 3.53. The summed E-state index contributed by atoms with van der Waals surface area (Å²) in [4.78, 5) is 0. The lowest BCUT2D eigenvalue weighted by Gasteiger charge is -2.18. The Labute approximate surface area is 67.3 Å². The van der Waals surface area contributed by atoms with E-state index in [1.807, 2.05) is 13.8 Å². The predicted octanol–water partition coefficient (Wildman–Crippen LogP) is 1.38. The molecule has 0 bridgehead atoms. The minimum Gasteiger partial charge on any atom is -0.365 e. The van der Waals surface area contributed by atoms with Crippen LogP contribution in [0.2, 0.25) is 0 Å². The molecule has 0 atom stereocenters. The van der Waals surface area contributed by atoms with E-state index in [9.17, 15) is 0 Å². The van der Waals surface area contributed by atoms with E-state index in [4.69, 9.17) is 24.4 Å². The summed E-state index contributed by atoms with van der Waals surface area (Å²) in [6.45, 7) is 4.73. The van der Waals surface area contributed by atoms with E-state index in [0.717, 1.165) is 0 Å². The van der Waals surface area contributed by atoms with Gasteiger partial charge in [0.25, 0.3) is 0 Å². The van der Waals surface area contributed by atoms with Crippen LogP contribution in [0.1, 0.15) is 13.8 Å². The molecule has 0 saturated carbocycles. The molecule has 0 radical (unpaired) electrons. The molecule has 0 amide bonds. The molecule has 10 heavy (non-hydrogen) atoms. The van der Waals surface area contributed by atoms with E-state index in [-0.39, 0.29) is 0 Å². The second-order valence-electron chi connectivity index (χ2n) is 1.55. The Hall–Kier alpha value is 0.387. The van der Waals surface area contributed by atoms with Gasteiger partial charge in [-0.25, -0.2) is 0 Å². The van der Waals surface area contributed by atoms with E-state index >= 15 is 0 Å². The number of rotatable bonds is 5. The quantitative estimate of drug-likeness (QED) is 0.478. The van der Waals surface area contributed by atoms with Gasteiger partial charge in [0, 0.05) is 20.3 Å². The van der Waals surface area contributed by atoms with Crippen molar-refractivity contribution in [2.75, 3.05) is 20.3 Å². The summed E-state index contributed by atoms with van der Waals surface area (Å²) in [7, 11) is -1.26. The number of hydrogen-bond donors (Lipinski definition) is 0. The highest BCUT2D eigenvalue weighted by Crippen LogP contribution is 2.12. The molecule has 5 heteroatoms. The van der Waals surface area contributed by atoms with Gasteiger partial charge in [0.05, 0.1) is 0 Å². The monoisotopic (exact) mass is 184 g/mol. The highest BCUT2D eigenvalue weighted by Gasteiger charge is 2.37. The summed E-state index contributed by atoms with van der Waals surface area (Å²) in [6, 6.07) is 0. The van der Waals surface area contributed by atoms with E-state index in [1.165, 1.54) is 7.11 Å². The molecule has 0 saturated heterocycles. The van der Waals surface area contributed by atoms with Crippen molar-refractivity contribution in [1.82, 2.24) is 0 Å². The van der Waals surface area contributed by atoms with Crippen LogP contribution in [0, 0.1) is 0 Å². The molecule has 0 N–H and O–H groups in total. The van der Waals surface area contributed by atoms with Gasteiger partial charge in [-0.15, -0.1) is 0 Å². The second kappa shape index (κ2) is 5.09. The molecule has 0 unspecified atom stereocenters. The summed E-state index contributed by atoms with van der Waals surface area (Å²) >= 11 is 5.80. The Morgan fingerprint density at radius 2 is 1.60 bits per heavy atom. The Bertz CT molecular complexity index is 85.0. The van der Waals surface area contributed by atoms with Gasteiger partial charge in [-0.2, -0.15) is 0 Å². The molecule has 0 spiro atoms. The molecule has 0 aliphatic rings. The largest absolute Gasteiger partial charge is 0.612 e. The molecular weight excluding hydrogens is 172 g/mol. The maximum atomic E-state index is 5.80. The maximum absolute atomic E-state index is 5.80. The zero-order valence-corrected chi connectivity index (χ0v) is 8.27. The van der Waals surface area contributed by atoms with Crippen LogP contribution in [0.5, 0.6) is 0 Å². The van der Waals surface area contributed by atoms with Crippen LogP contribution in [0.25, 0.3) is 0 Å². The van der Waals surface area contributed by atoms with Crippen LogP contribution < -0.4 is 0 Å². The molecule has 0 aliphatic carbocycles. The molecule has 0 fully saturated rings. The molecular formula is C5H13ClO3Si. The summed E-state index contributed by atoms with van der Waals surface area (Å²) in [5.74, 6) is 0. The van der Waals surface area contributed by atoms with Crippen LogP contribution >= 0.6 is 11.1 Å². The van der Waals surface area contributed by atoms with Gasteiger partial charge < -0.3 is 13.3 Å². The van der Waals surface area contributed by atoms with Crippen molar-refractivity contribution in [2.24, 2.45) is 0 Å². The SMILES string of the molecule is CCO[Si](Cl)(OC)OCC.